The van der Waals surface area contributed by atoms with Crippen molar-refractivity contribution in [3.05, 3.63) is 11.4 Å². The van der Waals surface area contributed by atoms with Gasteiger partial charge in [0.05, 0.1) is 11.4 Å². The van der Waals surface area contributed by atoms with Crippen LogP contribution in [0, 0.1) is 19.8 Å². The summed E-state index contributed by atoms with van der Waals surface area (Å²) in [6, 6.07) is 0. The Labute approximate surface area is 130 Å². The SMILES string of the molecule is CCCC(CCBr)CNS(=O)(=O)c1c(C)nn(C)c1C. The van der Waals surface area contributed by atoms with Gasteiger partial charge in [0.2, 0.25) is 10.0 Å². The molecule has 7 heteroatoms. The molecule has 1 aromatic heterocycles. The molecular formula is C13H24BrN3O2S. The van der Waals surface area contributed by atoms with E-state index in [2.05, 4.69) is 32.7 Å². The average Bonchev–Trinajstić information content (AvgIpc) is 2.61. The summed E-state index contributed by atoms with van der Waals surface area (Å²) in [7, 11) is -1.73. The Balaban J connectivity index is 2.84. The van der Waals surface area contributed by atoms with Crippen LogP contribution in [0.4, 0.5) is 0 Å². The van der Waals surface area contributed by atoms with Gasteiger partial charge in [-0.3, -0.25) is 4.68 Å². The standard InChI is InChI=1S/C13H24BrN3O2S/c1-5-6-12(7-8-14)9-15-20(18,19)13-10(2)16-17(4)11(13)3/h12,15H,5-9H2,1-4H3. The van der Waals surface area contributed by atoms with E-state index in [-0.39, 0.29) is 0 Å². The van der Waals surface area contributed by atoms with Gasteiger partial charge < -0.3 is 0 Å². The summed E-state index contributed by atoms with van der Waals surface area (Å²) in [6.45, 7) is 6.10. The van der Waals surface area contributed by atoms with E-state index in [1.54, 1.807) is 25.6 Å². The second-order valence-corrected chi connectivity index (χ2v) is 7.60. The van der Waals surface area contributed by atoms with Gasteiger partial charge in [-0.2, -0.15) is 5.10 Å². The number of nitrogens with one attached hydrogen (secondary N) is 1. The van der Waals surface area contributed by atoms with Crippen molar-refractivity contribution in [2.24, 2.45) is 13.0 Å². The number of rotatable bonds is 8. The number of aromatic nitrogens is 2. The van der Waals surface area contributed by atoms with Crippen molar-refractivity contribution >= 4 is 26.0 Å². The third-order valence-corrected chi connectivity index (χ3v) is 5.62. The van der Waals surface area contributed by atoms with Crippen LogP contribution in [-0.2, 0) is 17.1 Å². The van der Waals surface area contributed by atoms with Crippen LogP contribution in [0.1, 0.15) is 37.6 Å². The van der Waals surface area contributed by atoms with Crippen molar-refractivity contribution in [3.8, 4) is 0 Å². The van der Waals surface area contributed by atoms with E-state index in [4.69, 9.17) is 0 Å². The molecule has 0 bridgehead atoms. The first-order valence-electron chi connectivity index (χ1n) is 6.89. The zero-order valence-corrected chi connectivity index (χ0v) is 15.0. The Morgan fingerprint density at radius 2 is 2.00 bits per heavy atom. The molecule has 1 N–H and O–H groups in total. The van der Waals surface area contributed by atoms with Gasteiger partial charge in [0.1, 0.15) is 4.90 Å². The number of nitrogens with zero attached hydrogens (tertiary/aromatic N) is 2. The molecular weight excluding hydrogens is 342 g/mol. The highest BCUT2D eigenvalue weighted by Gasteiger charge is 2.24. The summed E-state index contributed by atoms with van der Waals surface area (Å²) in [5.41, 5.74) is 1.22. The first-order chi connectivity index (χ1) is 9.33. The highest BCUT2D eigenvalue weighted by molar-refractivity contribution is 9.09. The molecule has 0 amide bonds. The minimum Gasteiger partial charge on any atom is -0.271 e. The monoisotopic (exact) mass is 365 g/mol. The fourth-order valence-corrected chi connectivity index (χ4v) is 4.55. The quantitative estimate of drug-likeness (QED) is 0.719. The lowest BCUT2D eigenvalue weighted by molar-refractivity contribution is 0.459. The van der Waals surface area contributed by atoms with Gasteiger partial charge in [-0.15, -0.1) is 0 Å². The lowest BCUT2D eigenvalue weighted by atomic mass is 10.0. The van der Waals surface area contributed by atoms with Crippen molar-refractivity contribution in [3.63, 3.8) is 0 Å². The minimum absolute atomic E-state index is 0.314. The van der Waals surface area contributed by atoms with Crippen LogP contribution in [-0.4, -0.2) is 30.1 Å². The van der Waals surface area contributed by atoms with E-state index in [0.717, 1.165) is 24.6 Å². The van der Waals surface area contributed by atoms with Crippen LogP contribution in [0.5, 0.6) is 0 Å². The zero-order valence-electron chi connectivity index (χ0n) is 12.6. The van der Waals surface area contributed by atoms with Gasteiger partial charge in [-0.05, 0) is 32.6 Å². The normalized spacial score (nSPS) is 13.7. The average molecular weight is 366 g/mol. The molecule has 0 saturated heterocycles. The van der Waals surface area contributed by atoms with Crippen LogP contribution in [0.2, 0.25) is 0 Å². The number of alkyl halides is 1. The van der Waals surface area contributed by atoms with Crippen molar-refractivity contribution in [1.29, 1.82) is 0 Å². The van der Waals surface area contributed by atoms with E-state index in [1.807, 2.05) is 0 Å². The van der Waals surface area contributed by atoms with E-state index in [1.165, 1.54) is 0 Å². The topological polar surface area (TPSA) is 64.0 Å². The van der Waals surface area contributed by atoms with E-state index < -0.39 is 10.0 Å². The Morgan fingerprint density at radius 3 is 2.45 bits per heavy atom. The lowest BCUT2D eigenvalue weighted by Crippen LogP contribution is -2.30. The molecule has 1 heterocycles. The van der Waals surface area contributed by atoms with Gasteiger partial charge >= 0.3 is 0 Å². The zero-order chi connectivity index (χ0) is 15.3. The predicted molar refractivity (Wildman–Crippen MR) is 84.7 cm³/mol. The fraction of sp³-hybridized carbons (Fsp3) is 0.769. The van der Waals surface area contributed by atoms with Gasteiger partial charge in [0.15, 0.2) is 0 Å². The number of halogens is 1. The van der Waals surface area contributed by atoms with E-state index in [0.29, 0.717) is 28.7 Å². The summed E-state index contributed by atoms with van der Waals surface area (Å²) in [6.07, 6.45) is 3.06. The number of aryl methyl sites for hydroxylation is 2. The smallest absolute Gasteiger partial charge is 0.244 e. The first kappa shape index (κ1) is 17.7. The largest absolute Gasteiger partial charge is 0.271 e. The third kappa shape index (κ3) is 4.30. The summed E-state index contributed by atoms with van der Waals surface area (Å²) in [4.78, 5) is 0.314. The van der Waals surface area contributed by atoms with Crippen LogP contribution in [0.25, 0.3) is 0 Å². The Bertz CT molecular complexity index is 534. The molecule has 0 saturated carbocycles. The molecule has 5 nitrogen and oxygen atoms in total. The molecule has 116 valence electrons. The highest BCUT2D eigenvalue weighted by atomic mass is 79.9. The van der Waals surface area contributed by atoms with Crippen LogP contribution >= 0.6 is 15.9 Å². The maximum atomic E-state index is 12.4. The summed E-state index contributed by atoms with van der Waals surface area (Å²) in [5, 5.41) is 5.06. The van der Waals surface area contributed by atoms with Crippen LogP contribution in [0.15, 0.2) is 4.90 Å². The molecule has 1 atom stereocenters. The van der Waals surface area contributed by atoms with Crippen molar-refractivity contribution in [2.45, 2.75) is 44.9 Å². The highest BCUT2D eigenvalue weighted by Crippen LogP contribution is 2.19. The Kier molecular flexibility index (Phi) is 6.68. The molecule has 0 aliphatic carbocycles. The molecule has 1 rings (SSSR count). The minimum atomic E-state index is -3.48. The van der Waals surface area contributed by atoms with Crippen LogP contribution < -0.4 is 4.72 Å². The van der Waals surface area contributed by atoms with Gasteiger partial charge in [0.25, 0.3) is 0 Å². The van der Waals surface area contributed by atoms with Crippen molar-refractivity contribution < 1.29 is 8.42 Å². The van der Waals surface area contributed by atoms with E-state index in [9.17, 15) is 8.42 Å². The molecule has 1 aromatic rings. The molecule has 0 fully saturated rings. The molecule has 0 spiro atoms. The number of hydrogen-bond acceptors (Lipinski definition) is 3. The van der Waals surface area contributed by atoms with Crippen molar-refractivity contribution in [1.82, 2.24) is 14.5 Å². The number of hydrogen-bond donors (Lipinski definition) is 1. The fourth-order valence-electron chi connectivity index (χ4n) is 2.35. The molecule has 1 unspecified atom stereocenters. The Hall–Kier alpha value is -0.400. The summed E-state index contributed by atoms with van der Waals surface area (Å²) < 4.78 is 29.2. The number of sulfonamides is 1. The summed E-state index contributed by atoms with van der Waals surface area (Å²) >= 11 is 3.42. The first-order valence-corrected chi connectivity index (χ1v) is 9.49. The summed E-state index contributed by atoms with van der Waals surface area (Å²) in [5.74, 6) is 0.367. The second-order valence-electron chi connectivity index (χ2n) is 5.11. The maximum Gasteiger partial charge on any atom is 0.244 e. The van der Waals surface area contributed by atoms with Gasteiger partial charge in [0, 0.05) is 18.9 Å². The molecule has 0 aliphatic heterocycles. The maximum absolute atomic E-state index is 12.4. The Morgan fingerprint density at radius 1 is 1.35 bits per heavy atom. The van der Waals surface area contributed by atoms with E-state index >= 15 is 0 Å². The second kappa shape index (κ2) is 7.56. The molecule has 0 radical (unpaired) electrons. The molecule has 0 aliphatic rings. The van der Waals surface area contributed by atoms with Crippen LogP contribution in [0.3, 0.4) is 0 Å². The van der Waals surface area contributed by atoms with Gasteiger partial charge in [-0.25, -0.2) is 13.1 Å². The lowest BCUT2D eigenvalue weighted by Gasteiger charge is -2.16. The third-order valence-electron chi connectivity index (χ3n) is 3.49. The molecule has 20 heavy (non-hydrogen) atoms. The molecule has 0 aromatic carbocycles. The predicted octanol–water partition coefficient (Wildman–Crippen LogP) is 2.52. The van der Waals surface area contributed by atoms with Gasteiger partial charge in [-0.1, -0.05) is 29.3 Å². The van der Waals surface area contributed by atoms with Crippen molar-refractivity contribution in [2.75, 3.05) is 11.9 Å².